The Hall–Kier alpha value is -0.650. The van der Waals surface area contributed by atoms with Crippen LogP contribution in [0.3, 0.4) is 0 Å². The van der Waals surface area contributed by atoms with E-state index in [-0.39, 0.29) is 5.92 Å². The van der Waals surface area contributed by atoms with Crippen molar-refractivity contribution in [2.45, 2.75) is 44.7 Å². The zero-order valence-corrected chi connectivity index (χ0v) is 12.0. The average molecular weight is 270 g/mol. The Morgan fingerprint density at radius 1 is 1.47 bits per heavy atom. The fourth-order valence-corrected chi connectivity index (χ4v) is 3.13. The van der Waals surface area contributed by atoms with Crippen LogP contribution in [-0.2, 0) is 9.53 Å². The molecule has 19 heavy (non-hydrogen) atoms. The van der Waals surface area contributed by atoms with Gasteiger partial charge in [0.25, 0.3) is 0 Å². The quantitative estimate of drug-likeness (QED) is 0.721. The molecule has 110 valence electrons. The number of nitrogens with one attached hydrogen (secondary N) is 1. The molecular weight excluding hydrogens is 244 g/mol. The third-order valence-corrected chi connectivity index (χ3v) is 4.42. The number of aliphatic carboxylic acids is 1. The molecule has 2 atom stereocenters. The first-order valence-electron chi connectivity index (χ1n) is 7.44. The van der Waals surface area contributed by atoms with Crippen molar-refractivity contribution in [2.75, 3.05) is 32.8 Å². The summed E-state index contributed by atoms with van der Waals surface area (Å²) in [6.45, 7) is 7.69. The molecule has 5 heteroatoms. The number of carbonyl (C=O) groups is 1. The van der Waals surface area contributed by atoms with E-state index in [0.717, 1.165) is 32.4 Å². The standard InChI is InChI=1S/C14H26N2O3/c1-3-12-9-19-8-7-16(12)10-14(13(17)18,15-4-2)11-5-6-11/h11-12,15H,3-10H2,1-2H3,(H,17,18). The first kappa shape index (κ1) is 14.8. The third kappa shape index (κ3) is 3.09. The van der Waals surface area contributed by atoms with Crippen LogP contribution in [-0.4, -0.2) is 60.4 Å². The van der Waals surface area contributed by atoms with Gasteiger partial charge in [-0.3, -0.25) is 9.69 Å². The lowest BCUT2D eigenvalue weighted by Crippen LogP contribution is -2.63. The number of morpholine rings is 1. The molecular formula is C14H26N2O3. The topological polar surface area (TPSA) is 61.8 Å². The van der Waals surface area contributed by atoms with Gasteiger partial charge in [0.05, 0.1) is 13.2 Å². The molecule has 5 nitrogen and oxygen atoms in total. The minimum Gasteiger partial charge on any atom is -0.480 e. The minimum absolute atomic E-state index is 0.283. The van der Waals surface area contributed by atoms with Crippen LogP contribution in [0.4, 0.5) is 0 Å². The Morgan fingerprint density at radius 3 is 2.74 bits per heavy atom. The largest absolute Gasteiger partial charge is 0.480 e. The van der Waals surface area contributed by atoms with E-state index >= 15 is 0 Å². The number of rotatable bonds is 7. The van der Waals surface area contributed by atoms with Crippen molar-refractivity contribution < 1.29 is 14.6 Å². The highest BCUT2D eigenvalue weighted by molar-refractivity contribution is 5.80. The molecule has 2 unspecified atom stereocenters. The molecule has 0 bridgehead atoms. The van der Waals surface area contributed by atoms with Gasteiger partial charge in [-0.2, -0.15) is 0 Å². The van der Waals surface area contributed by atoms with E-state index < -0.39 is 11.5 Å². The molecule has 1 saturated heterocycles. The molecule has 0 spiro atoms. The summed E-state index contributed by atoms with van der Waals surface area (Å²) in [6, 6.07) is 0.352. The van der Waals surface area contributed by atoms with E-state index in [1.54, 1.807) is 0 Å². The number of ether oxygens (including phenoxy) is 1. The second-order valence-corrected chi connectivity index (χ2v) is 5.69. The van der Waals surface area contributed by atoms with Gasteiger partial charge in [-0.05, 0) is 31.7 Å². The van der Waals surface area contributed by atoms with Crippen molar-refractivity contribution in [1.29, 1.82) is 0 Å². The van der Waals surface area contributed by atoms with Crippen LogP contribution >= 0.6 is 0 Å². The van der Waals surface area contributed by atoms with E-state index in [0.29, 0.717) is 25.7 Å². The summed E-state index contributed by atoms with van der Waals surface area (Å²) in [4.78, 5) is 14.1. The minimum atomic E-state index is -0.764. The molecule has 0 aromatic rings. The van der Waals surface area contributed by atoms with Crippen LogP contribution in [0.5, 0.6) is 0 Å². The summed E-state index contributed by atoms with van der Waals surface area (Å²) in [7, 11) is 0. The fraction of sp³-hybridized carbons (Fsp3) is 0.929. The molecule has 1 saturated carbocycles. The molecule has 2 N–H and O–H groups in total. The number of hydrogen-bond donors (Lipinski definition) is 2. The highest BCUT2D eigenvalue weighted by atomic mass is 16.5. The van der Waals surface area contributed by atoms with Gasteiger partial charge in [0.15, 0.2) is 0 Å². The van der Waals surface area contributed by atoms with E-state index in [1.807, 2.05) is 6.92 Å². The first-order valence-corrected chi connectivity index (χ1v) is 7.44. The Kier molecular flexibility index (Phi) is 4.81. The molecule has 0 amide bonds. The lowest BCUT2D eigenvalue weighted by molar-refractivity contribution is -0.148. The molecule has 2 aliphatic rings. The van der Waals surface area contributed by atoms with E-state index in [4.69, 9.17) is 4.74 Å². The molecule has 2 fully saturated rings. The van der Waals surface area contributed by atoms with Gasteiger partial charge in [0.2, 0.25) is 0 Å². The highest BCUT2D eigenvalue weighted by Gasteiger charge is 2.52. The van der Waals surface area contributed by atoms with E-state index in [2.05, 4.69) is 17.1 Å². The SMILES string of the molecule is CCNC(CN1CCOCC1CC)(C(=O)O)C1CC1. The van der Waals surface area contributed by atoms with Crippen molar-refractivity contribution in [2.24, 2.45) is 5.92 Å². The predicted molar refractivity (Wildman–Crippen MR) is 73.2 cm³/mol. The zero-order chi connectivity index (χ0) is 13.9. The highest BCUT2D eigenvalue weighted by Crippen LogP contribution is 2.41. The van der Waals surface area contributed by atoms with Gasteiger partial charge in [-0.1, -0.05) is 13.8 Å². The van der Waals surface area contributed by atoms with Gasteiger partial charge in [-0.15, -0.1) is 0 Å². The van der Waals surface area contributed by atoms with Crippen molar-refractivity contribution in [3.63, 3.8) is 0 Å². The Bertz CT molecular complexity index is 320. The lowest BCUT2D eigenvalue weighted by Gasteiger charge is -2.41. The molecule has 0 aromatic heterocycles. The number of nitrogens with zero attached hydrogens (tertiary/aromatic N) is 1. The molecule has 1 aliphatic heterocycles. The Balaban J connectivity index is 2.11. The Morgan fingerprint density at radius 2 is 2.21 bits per heavy atom. The number of likely N-dealkylation sites (N-methyl/N-ethyl adjacent to an activating group) is 1. The second-order valence-electron chi connectivity index (χ2n) is 5.69. The smallest absolute Gasteiger partial charge is 0.325 e. The number of carboxylic acids is 1. The lowest BCUT2D eigenvalue weighted by atomic mass is 9.91. The summed E-state index contributed by atoms with van der Waals surface area (Å²) in [5.41, 5.74) is -0.764. The average Bonchev–Trinajstić information content (AvgIpc) is 3.23. The summed E-state index contributed by atoms with van der Waals surface area (Å²) in [5, 5.41) is 13.0. The third-order valence-electron chi connectivity index (χ3n) is 4.42. The summed E-state index contributed by atoms with van der Waals surface area (Å²) >= 11 is 0. The van der Waals surface area contributed by atoms with Crippen LogP contribution in [0.25, 0.3) is 0 Å². The van der Waals surface area contributed by atoms with E-state index in [9.17, 15) is 9.90 Å². The number of hydrogen-bond acceptors (Lipinski definition) is 4. The van der Waals surface area contributed by atoms with Crippen LogP contribution < -0.4 is 5.32 Å². The molecule has 0 radical (unpaired) electrons. The van der Waals surface area contributed by atoms with Crippen molar-refractivity contribution in [3.8, 4) is 0 Å². The van der Waals surface area contributed by atoms with Gasteiger partial charge >= 0.3 is 5.97 Å². The maximum atomic E-state index is 11.8. The molecule has 2 rings (SSSR count). The van der Waals surface area contributed by atoms with Gasteiger partial charge in [0, 0.05) is 19.1 Å². The summed E-state index contributed by atoms with van der Waals surface area (Å²) in [6.07, 6.45) is 3.06. The van der Waals surface area contributed by atoms with Gasteiger partial charge < -0.3 is 15.2 Å². The predicted octanol–water partition coefficient (Wildman–Crippen LogP) is 0.940. The van der Waals surface area contributed by atoms with Crippen molar-refractivity contribution >= 4 is 5.97 Å². The summed E-state index contributed by atoms with van der Waals surface area (Å²) < 4.78 is 5.50. The zero-order valence-electron chi connectivity index (χ0n) is 12.0. The van der Waals surface area contributed by atoms with Crippen LogP contribution in [0.2, 0.25) is 0 Å². The fourth-order valence-electron chi connectivity index (χ4n) is 3.13. The second kappa shape index (κ2) is 6.20. The molecule has 1 heterocycles. The summed E-state index contributed by atoms with van der Waals surface area (Å²) in [5.74, 6) is -0.413. The normalized spacial score (nSPS) is 28.0. The van der Waals surface area contributed by atoms with Crippen molar-refractivity contribution in [1.82, 2.24) is 10.2 Å². The van der Waals surface area contributed by atoms with Crippen LogP contribution in [0.1, 0.15) is 33.1 Å². The van der Waals surface area contributed by atoms with E-state index in [1.165, 1.54) is 0 Å². The van der Waals surface area contributed by atoms with Gasteiger partial charge in [0.1, 0.15) is 5.54 Å². The number of carboxylic acid groups (broad SMARTS) is 1. The first-order chi connectivity index (χ1) is 9.14. The van der Waals surface area contributed by atoms with Crippen molar-refractivity contribution in [3.05, 3.63) is 0 Å². The molecule has 0 aromatic carbocycles. The van der Waals surface area contributed by atoms with Crippen LogP contribution in [0.15, 0.2) is 0 Å². The monoisotopic (exact) mass is 270 g/mol. The Labute approximate surface area is 115 Å². The maximum Gasteiger partial charge on any atom is 0.325 e. The van der Waals surface area contributed by atoms with Crippen LogP contribution in [0, 0.1) is 5.92 Å². The molecule has 1 aliphatic carbocycles. The maximum absolute atomic E-state index is 11.8. The van der Waals surface area contributed by atoms with Gasteiger partial charge in [-0.25, -0.2) is 0 Å².